The summed E-state index contributed by atoms with van der Waals surface area (Å²) in [5.41, 5.74) is 3.39. The lowest BCUT2D eigenvalue weighted by Crippen LogP contribution is -2.46. The van der Waals surface area contributed by atoms with Crippen LogP contribution in [0, 0.1) is 13.8 Å². The second-order valence-corrected chi connectivity index (χ2v) is 7.81. The standard InChI is InChI=1S/C21H22Cl2N2O2/c1-13-3-4-15(11-14(13)2)20(26)24-17-7-9-25(10-8-17)21(27)18-6-5-16(22)12-19(18)23/h3-6,11-12,17H,7-10H2,1-2H3,(H,24,26). The molecule has 6 heteroatoms. The predicted molar refractivity (Wildman–Crippen MR) is 109 cm³/mol. The summed E-state index contributed by atoms with van der Waals surface area (Å²) in [6, 6.07) is 10.7. The molecule has 3 rings (SSSR count). The number of piperidine rings is 1. The first-order chi connectivity index (χ1) is 12.8. The van der Waals surface area contributed by atoms with Gasteiger partial charge < -0.3 is 10.2 Å². The third-order valence-corrected chi connectivity index (χ3v) is 5.60. The first kappa shape index (κ1) is 19.7. The molecule has 0 saturated carbocycles. The molecule has 2 aromatic rings. The second-order valence-electron chi connectivity index (χ2n) is 6.96. The van der Waals surface area contributed by atoms with E-state index in [1.54, 1.807) is 23.1 Å². The maximum absolute atomic E-state index is 12.7. The molecule has 0 spiro atoms. The van der Waals surface area contributed by atoms with Crippen molar-refractivity contribution in [3.05, 3.63) is 68.7 Å². The van der Waals surface area contributed by atoms with Gasteiger partial charge in [0.2, 0.25) is 0 Å². The number of hydrogen-bond acceptors (Lipinski definition) is 2. The Morgan fingerprint density at radius 3 is 2.33 bits per heavy atom. The molecule has 0 aliphatic carbocycles. The lowest BCUT2D eigenvalue weighted by molar-refractivity contribution is 0.0698. The van der Waals surface area contributed by atoms with Crippen LogP contribution in [0.1, 0.15) is 44.7 Å². The van der Waals surface area contributed by atoms with Crippen molar-refractivity contribution in [1.82, 2.24) is 10.2 Å². The van der Waals surface area contributed by atoms with E-state index in [1.165, 1.54) is 5.56 Å². The summed E-state index contributed by atoms with van der Waals surface area (Å²) >= 11 is 12.0. The molecule has 142 valence electrons. The minimum absolute atomic E-state index is 0.0591. The van der Waals surface area contributed by atoms with Gasteiger partial charge in [-0.15, -0.1) is 0 Å². The summed E-state index contributed by atoms with van der Waals surface area (Å²) in [7, 11) is 0. The van der Waals surface area contributed by atoms with Gasteiger partial charge in [-0.3, -0.25) is 9.59 Å². The molecule has 1 aliphatic heterocycles. The number of nitrogens with one attached hydrogen (secondary N) is 1. The minimum atomic E-state index is -0.101. The molecule has 0 radical (unpaired) electrons. The Balaban J connectivity index is 1.57. The van der Waals surface area contributed by atoms with Gasteiger partial charge in [0.1, 0.15) is 0 Å². The van der Waals surface area contributed by atoms with Crippen LogP contribution in [0.25, 0.3) is 0 Å². The highest BCUT2D eigenvalue weighted by molar-refractivity contribution is 6.36. The number of rotatable bonds is 3. The third-order valence-electron chi connectivity index (χ3n) is 5.05. The molecule has 0 aromatic heterocycles. The molecule has 0 unspecified atom stereocenters. The molecule has 1 saturated heterocycles. The molecule has 1 aliphatic rings. The summed E-state index contributed by atoms with van der Waals surface area (Å²) in [4.78, 5) is 26.9. The average molecular weight is 405 g/mol. The van der Waals surface area contributed by atoms with E-state index in [-0.39, 0.29) is 17.9 Å². The van der Waals surface area contributed by atoms with Crippen molar-refractivity contribution in [2.45, 2.75) is 32.7 Å². The molecule has 0 atom stereocenters. The second kappa shape index (κ2) is 8.32. The summed E-state index contributed by atoms with van der Waals surface area (Å²) in [6.45, 7) is 5.18. The molecule has 0 bridgehead atoms. The highest BCUT2D eigenvalue weighted by Crippen LogP contribution is 2.24. The van der Waals surface area contributed by atoms with Gasteiger partial charge in [0, 0.05) is 29.7 Å². The lowest BCUT2D eigenvalue weighted by Gasteiger charge is -2.32. The van der Waals surface area contributed by atoms with Gasteiger partial charge in [0.05, 0.1) is 10.6 Å². The summed E-state index contributed by atoms with van der Waals surface area (Å²) < 4.78 is 0. The molecule has 2 amide bonds. The summed E-state index contributed by atoms with van der Waals surface area (Å²) in [5, 5.41) is 3.94. The van der Waals surface area contributed by atoms with E-state index < -0.39 is 0 Å². The van der Waals surface area contributed by atoms with Crippen molar-refractivity contribution in [3.8, 4) is 0 Å². The monoisotopic (exact) mass is 404 g/mol. The van der Waals surface area contributed by atoms with Gasteiger partial charge in [0.25, 0.3) is 11.8 Å². The fourth-order valence-electron chi connectivity index (χ4n) is 3.21. The van der Waals surface area contributed by atoms with Gasteiger partial charge in [-0.05, 0) is 68.1 Å². The number of carbonyl (C=O) groups is 2. The maximum Gasteiger partial charge on any atom is 0.255 e. The Hall–Kier alpha value is -2.04. The largest absolute Gasteiger partial charge is 0.349 e. The smallest absolute Gasteiger partial charge is 0.255 e. The van der Waals surface area contributed by atoms with Crippen molar-refractivity contribution in [1.29, 1.82) is 0 Å². The minimum Gasteiger partial charge on any atom is -0.349 e. The summed E-state index contributed by atoms with van der Waals surface area (Å²) in [5.74, 6) is -0.167. The molecule has 1 N–H and O–H groups in total. The lowest BCUT2D eigenvalue weighted by atomic mass is 10.0. The van der Waals surface area contributed by atoms with Crippen LogP contribution in [0.3, 0.4) is 0 Å². The SMILES string of the molecule is Cc1ccc(C(=O)NC2CCN(C(=O)c3ccc(Cl)cc3Cl)CC2)cc1C. The number of likely N-dealkylation sites (tertiary alicyclic amines) is 1. The Labute approximate surface area is 169 Å². The quantitative estimate of drug-likeness (QED) is 0.809. The van der Waals surface area contributed by atoms with Crippen LogP contribution in [0.5, 0.6) is 0 Å². The zero-order chi connectivity index (χ0) is 19.6. The van der Waals surface area contributed by atoms with Gasteiger partial charge in [-0.25, -0.2) is 0 Å². The Morgan fingerprint density at radius 1 is 1.00 bits per heavy atom. The molecule has 1 fully saturated rings. The molecular formula is C21H22Cl2N2O2. The van der Waals surface area contributed by atoms with Crippen LogP contribution in [0.2, 0.25) is 10.0 Å². The normalized spacial score (nSPS) is 14.9. The highest BCUT2D eigenvalue weighted by Gasteiger charge is 2.26. The molecule has 4 nitrogen and oxygen atoms in total. The molecule has 2 aromatic carbocycles. The number of nitrogens with zero attached hydrogens (tertiary/aromatic N) is 1. The van der Waals surface area contributed by atoms with Crippen LogP contribution in [-0.4, -0.2) is 35.8 Å². The summed E-state index contributed by atoms with van der Waals surface area (Å²) in [6.07, 6.45) is 1.43. The van der Waals surface area contributed by atoms with E-state index in [1.807, 2.05) is 32.0 Å². The fourth-order valence-corrected chi connectivity index (χ4v) is 3.70. The van der Waals surface area contributed by atoms with Crippen LogP contribution < -0.4 is 5.32 Å². The van der Waals surface area contributed by atoms with E-state index in [0.717, 1.165) is 5.56 Å². The van der Waals surface area contributed by atoms with Crippen molar-refractivity contribution >= 4 is 35.0 Å². The van der Waals surface area contributed by atoms with Gasteiger partial charge in [-0.1, -0.05) is 29.3 Å². The zero-order valence-electron chi connectivity index (χ0n) is 15.4. The number of amides is 2. The topological polar surface area (TPSA) is 49.4 Å². The number of benzene rings is 2. The van der Waals surface area contributed by atoms with E-state index >= 15 is 0 Å². The fraction of sp³-hybridized carbons (Fsp3) is 0.333. The van der Waals surface area contributed by atoms with Crippen LogP contribution in [-0.2, 0) is 0 Å². The number of aryl methyl sites for hydroxylation is 2. The van der Waals surface area contributed by atoms with Crippen molar-refractivity contribution in [2.24, 2.45) is 0 Å². The predicted octanol–water partition coefficient (Wildman–Crippen LogP) is 4.64. The maximum atomic E-state index is 12.7. The van der Waals surface area contributed by atoms with Crippen LogP contribution in [0.4, 0.5) is 0 Å². The van der Waals surface area contributed by atoms with Crippen molar-refractivity contribution < 1.29 is 9.59 Å². The first-order valence-electron chi connectivity index (χ1n) is 8.97. The third kappa shape index (κ3) is 4.63. The number of carbonyl (C=O) groups excluding carboxylic acids is 2. The van der Waals surface area contributed by atoms with E-state index in [9.17, 15) is 9.59 Å². The number of hydrogen-bond donors (Lipinski definition) is 1. The Morgan fingerprint density at radius 2 is 1.70 bits per heavy atom. The van der Waals surface area contributed by atoms with Crippen molar-refractivity contribution in [3.63, 3.8) is 0 Å². The zero-order valence-corrected chi connectivity index (χ0v) is 16.9. The molecule has 1 heterocycles. The van der Waals surface area contributed by atoms with E-state index in [4.69, 9.17) is 23.2 Å². The molecular weight excluding hydrogens is 383 g/mol. The number of halogens is 2. The van der Waals surface area contributed by atoms with E-state index in [0.29, 0.717) is 47.1 Å². The van der Waals surface area contributed by atoms with Crippen LogP contribution in [0.15, 0.2) is 36.4 Å². The van der Waals surface area contributed by atoms with Crippen LogP contribution >= 0.6 is 23.2 Å². The van der Waals surface area contributed by atoms with Gasteiger partial charge in [0.15, 0.2) is 0 Å². The van der Waals surface area contributed by atoms with Gasteiger partial charge in [-0.2, -0.15) is 0 Å². The van der Waals surface area contributed by atoms with Crippen molar-refractivity contribution in [2.75, 3.05) is 13.1 Å². The average Bonchev–Trinajstić information content (AvgIpc) is 2.64. The van der Waals surface area contributed by atoms with Gasteiger partial charge >= 0.3 is 0 Å². The van der Waals surface area contributed by atoms with E-state index in [2.05, 4.69) is 5.32 Å². The Kier molecular flexibility index (Phi) is 6.08. The highest BCUT2D eigenvalue weighted by atomic mass is 35.5. The first-order valence-corrected chi connectivity index (χ1v) is 9.73. The molecule has 27 heavy (non-hydrogen) atoms. The Bertz CT molecular complexity index is 874.